The number of ketones is 1. The zero-order chi connectivity index (χ0) is 21.1. The van der Waals surface area contributed by atoms with E-state index in [9.17, 15) is 14.4 Å². The van der Waals surface area contributed by atoms with E-state index in [2.05, 4.69) is 6.07 Å². The molecule has 0 saturated carbocycles. The lowest BCUT2D eigenvalue weighted by atomic mass is 9.79. The molecule has 3 aliphatic rings. The number of anilines is 1. The molecule has 3 aliphatic heterocycles. The van der Waals surface area contributed by atoms with Crippen molar-refractivity contribution in [3.05, 3.63) is 35.4 Å². The fourth-order valence-corrected chi connectivity index (χ4v) is 4.90. The largest absolute Gasteiger partial charge is 0.383 e. The second-order valence-corrected chi connectivity index (χ2v) is 9.25. The number of likely N-dealkylation sites (tertiary alicyclic amines) is 1. The molecule has 0 radical (unpaired) electrons. The first-order valence-corrected chi connectivity index (χ1v) is 10.1. The number of nitrogens with zero attached hydrogens (tertiary/aromatic N) is 2. The summed E-state index contributed by atoms with van der Waals surface area (Å²) in [6.45, 7) is 8.16. The molecule has 4 rings (SSSR count). The van der Waals surface area contributed by atoms with E-state index < -0.39 is 23.3 Å². The fourth-order valence-electron chi connectivity index (χ4n) is 4.90. The average molecular weight is 396 g/mol. The van der Waals surface area contributed by atoms with Gasteiger partial charge < -0.3 is 9.64 Å². The first-order chi connectivity index (χ1) is 13.7. The highest BCUT2D eigenvalue weighted by Crippen LogP contribution is 2.49. The minimum absolute atomic E-state index is 0.00781. The van der Waals surface area contributed by atoms with Gasteiger partial charge in [0, 0.05) is 18.2 Å². The molecule has 0 N–H and O–H groups in total. The first kappa shape index (κ1) is 19.8. The van der Waals surface area contributed by atoms with E-state index in [0.717, 1.165) is 16.8 Å². The van der Waals surface area contributed by atoms with Crippen molar-refractivity contribution in [3.8, 4) is 0 Å². The van der Waals surface area contributed by atoms with Gasteiger partial charge in [-0.05, 0) is 24.6 Å². The average Bonchev–Trinajstić information content (AvgIpc) is 3.12. The number of rotatable bonds is 4. The number of Topliss-reactive ketones (excluding diaryl/α,β-unsaturated/α-hetero) is 1. The molecule has 3 heterocycles. The Bertz CT molecular complexity index is 914. The second kappa shape index (κ2) is 6.80. The molecule has 29 heavy (non-hydrogen) atoms. The molecule has 0 unspecified atom stereocenters. The van der Waals surface area contributed by atoms with Crippen molar-refractivity contribution in [2.75, 3.05) is 25.2 Å². The molecule has 1 aromatic rings. The van der Waals surface area contributed by atoms with Crippen LogP contribution in [0.25, 0.3) is 6.08 Å². The standard InChI is InChI=1S/C23H28N2O4/c1-13-6-8-15-14(12-13)7-9-16-17-18(19(25(15)16)20(26)23(2,3)4)22(28)24(21(17)27)10-11-29-5/h6-9,12,16-19H,10-11H2,1-5H3/t16-,17+,18-,19-/m1/s1. The van der Waals surface area contributed by atoms with E-state index >= 15 is 0 Å². The second-order valence-electron chi connectivity index (χ2n) is 9.25. The number of hydrogen-bond donors (Lipinski definition) is 0. The molecule has 0 bridgehead atoms. The van der Waals surface area contributed by atoms with E-state index in [1.807, 2.05) is 56.9 Å². The number of ether oxygens (including phenoxy) is 1. The summed E-state index contributed by atoms with van der Waals surface area (Å²) in [4.78, 5) is 43.4. The van der Waals surface area contributed by atoms with Crippen LogP contribution in [0.2, 0.25) is 0 Å². The molecule has 0 aliphatic carbocycles. The van der Waals surface area contributed by atoms with E-state index in [0.29, 0.717) is 6.61 Å². The van der Waals surface area contributed by atoms with Gasteiger partial charge in [-0.15, -0.1) is 0 Å². The van der Waals surface area contributed by atoms with Gasteiger partial charge in [-0.25, -0.2) is 0 Å². The van der Waals surface area contributed by atoms with Gasteiger partial charge in [0.05, 0.1) is 31.0 Å². The van der Waals surface area contributed by atoms with Gasteiger partial charge in [0.2, 0.25) is 11.8 Å². The predicted octanol–water partition coefficient (Wildman–Crippen LogP) is 2.44. The van der Waals surface area contributed by atoms with Crippen LogP contribution in [0.5, 0.6) is 0 Å². The third kappa shape index (κ3) is 2.92. The number of carbonyl (C=O) groups excluding carboxylic acids is 3. The van der Waals surface area contributed by atoms with Crippen LogP contribution in [0.15, 0.2) is 24.3 Å². The number of carbonyl (C=O) groups is 3. The number of methoxy groups -OCH3 is 1. The molecule has 1 aromatic carbocycles. The molecular formula is C23H28N2O4. The normalized spacial score (nSPS) is 27.9. The van der Waals surface area contributed by atoms with Gasteiger partial charge in [0.1, 0.15) is 6.04 Å². The van der Waals surface area contributed by atoms with Crippen LogP contribution in [-0.2, 0) is 19.1 Å². The van der Waals surface area contributed by atoms with E-state index in [-0.39, 0.29) is 30.2 Å². The zero-order valence-electron chi connectivity index (χ0n) is 17.6. The van der Waals surface area contributed by atoms with Gasteiger partial charge in [-0.1, -0.05) is 44.6 Å². The summed E-state index contributed by atoms with van der Waals surface area (Å²) in [7, 11) is 1.54. The van der Waals surface area contributed by atoms with Gasteiger partial charge >= 0.3 is 0 Å². The number of imide groups is 1. The van der Waals surface area contributed by atoms with Crippen molar-refractivity contribution in [1.29, 1.82) is 0 Å². The minimum Gasteiger partial charge on any atom is -0.383 e. The van der Waals surface area contributed by atoms with Gasteiger partial charge in [0.25, 0.3) is 0 Å². The van der Waals surface area contributed by atoms with Gasteiger partial charge in [-0.2, -0.15) is 0 Å². The third-order valence-corrected chi connectivity index (χ3v) is 6.28. The molecule has 6 nitrogen and oxygen atoms in total. The van der Waals surface area contributed by atoms with E-state index in [4.69, 9.17) is 4.74 Å². The molecule has 6 heteroatoms. The minimum atomic E-state index is -0.659. The highest BCUT2D eigenvalue weighted by molar-refractivity contribution is 6.11. The lowest BCUT2D eigenvalue weighted by Gasteiger charge is -2.38. The lowest BCUT2D eigenvalue weighted by molar-refractivity contribution is -0.142. The van der Waals surface area contributed by atoms with Crippen molar-refractivity contribution >= 4 is 29.4 Å². The summed E-state index contributed by atoms with van der Waals surface area (Å²) >= 11 is 0. The first-order valence-electron chi connectivity index (χ1n) is 10.1. The van der Waals surface area contributed by atoms with Crippen molar-refractivity contribution in [3.63, 3.8) is 0 Å². The summed E-state index contributed by atoms with van der Waals surface area (Å²) < 4.78 is 5.08. The Morgan fingerprint density at radius 2 is 1.83 bits per heavy atom. The van der Waals surface area contributed by atoms with Crippen LogP contribution >= 0.6 is 0 Å². The summed E-state index contributed by atoms with van der Waals surface area (Å²) in [6, 6.07) is 5.14. The summed E-state index contributed by atoms with van der Waals surface area (Å²) in [6.07, 6.45) is 4.00. The van der Waals surface area contributed by atoms with Gasteiger partial charge in [-0.3, -0.25) is 19.3 Å². The van der Waals surface area contributed by atoms with E-state index in [1.165, 1.54) is 4.90 Å². The smallest absolute Gasteiger partial charge is 0.235 e. The molecule has 2 saturated heterocycles. The van der Waals surface area contributed by atoms with Crippen molar-refractivity contribution in [1.82, 2.24) is 4.90 Å². The van der Waals surface area contributed by atoms with Crippen LogP contribution in [0.4, 0.5) is 5.69 Å². The Balaban J connectivity index is 1.83. The van der Waals surface area contributed by atoms with Crippen molar-refractivity contribution in [2.24, 2.45) is 17.3 Å². The molecule has 2 fully saturated rings. The fraction of sp³-hybridized carbons (Fsp3) is 0.522. The van der Waals surface area contributed by atoms with E-state index in [1.54, 1.807) is 7.11 Å². The highest BCUT2D eigenvalue weighted by Gasteiger charge is 2.64. The predicted molar refractivity (Wildman–Crippen MR) is 110 cm³/mol. The SMILES string of the molecule is COCCN1C(=O)[C@@H]2[C@@H](C1=O)[C@H](C(=O)C(C)(C)C)N1c3ccc(C)cc3C=C[C@H]21. The summed E-state index contributed by atoms with van der Waals surface area (Å²) in [5, 5.41) is 0. The summed E-state index contributed by atoms with van der Waals surface area (Å²) in [5.74, 6) is -1.66. The Hall–Kier alpha value is -2.47. The van der Waals surface area contributed by atoms with Crippen LogP contribution in [-0.4, -0.2) is 54.8 Å². The van der Waals surface area contributed by atoms with Crippen LogP contribution in [0.3, 0.4) is 0 Å². The van der Waals surface area contributed by atoms with Crippen LogP contribution in [0.1, 0.15) is 31.9 Å². The molecular weight excluding hydrogens is 368 g/mol. The quantitative estimate of drug-likeness (QED) is 0.732. The number of benzene rings is 1. The molecule has 154 valence electrons. The van der Waals surface area contributed by atoms with Crippen LogP contribution < -0.4 is 4.90 Å². The zero-order valence-corrected chi connectivity index (χ0v) is 17.6. The Kier molecular flexibility index (Phi) is 4.65. The van der Waals surface area contributed by atoms with Crippen molar-refractivity contribution < 1.29 is 19.1 Å². The Morgan fingerprint density at radius 3 is 2.48 bits per heavy atom. The Labute approximate surface area is 171 Å². The third-order valence-electron chi connectivity index (χ3n) is 6.28. The maximum atomic E-state index is 13.5. The topological polar surface area (TPSA) is 66.9 Å². The maximum Gasteiger partial charge on any atom is 0.235 e. The highest BCUT2D eigenvalue weighted by atomic mass is 16.5. The Morgan fingerprint density at radius 1 is 1.14 bits per heavy atom. The number of aryl methyl sites for hydroxylation is 1. The van der Waals surface area contributed by atoms with Crippen LogP contribution in [0, 0.1) is 24.2 Å². The van der Waals surface area contributed by atoms with Crippen molar-refractivity contribution in [2.45, 2.75) is 39.8 Å². The maximum absolute atomic E-state index is 13.5. The lowest BCUT2D eigenvalue weighted by Crippen LogP contribution is -2.51. The number of hydrogen-bond acceptors (Lipinski definition) is 5. The number of fused-ring (bicyclic) bond motifs is 5. The van der Waals surface area contributed by atoms with Gasteiger partial charge in [0.15, 0.2) is 5.78 Å². The molecule has 2 amide bonds. The molecule has 0 aromatic heterocycles. The molecule has 4 atom stereocenters. The monoisotopic (exact) mass is 396 g/mol. The molecule has 0 spiro atoms. The summed E-state index contributed by atoms with van der Waals surface area (Å²) in [5.41, 5.74) is 2.44. The number of amides is 2.